The predicted octanol–water partition coefficient (Wildman–Crippen LogP) is 0.473. The summed E-state index contributed by atoms with van der Waals surface area (Å²) in [7, 11) is 0. The zero-order chi connectivity index (χ0) is 10.5. The molecule has 0 fully saturated rings. The topological polar surface area (TPSA) is 75.6 Å². The smallest absolute Gasteiger partial charge is 0.328 e. The van der Waals surface area contributed by atoms with Crippen LogP contribution >= 0.6 is 0 Å². The van der Waals surface area contributed by atoms with Crippen molar-refractivity contribution in [2.45, 2.75) is 26.4 Å². The molecule has 0 spiro atoms. The molecule has 0 aromatic heterocycles. The molecule has 0 atom stereocenters. The van der Waals surface area contributed by atoms with Gasteiger partial charge in [0.05, 0.1) is 5.60 Å². The first kappa shape index (κ1) is 11.6. The van der Waals surface area contributed by atoms with E-state index < -0.39 is 17.5 Å². The fourth-order valence-electron chi connectivity index (χ4n) is 0.384. The lowest BCUT2D eigenvalue weighted by molar-refractivity contribution is -0.141. The summed E-state index contributed by atoms with van der Waals surface area (Å²) in [6.45, 7) is 5.27. The molecule has 0 aromatic rings. The first-order chi connectivity index (χ1) is 5.81. The second kappa shape index (κ2) is 4.61. The van der Waals surface area contributed by atoms with Crippen LogP contribution in [0.1, 0.15) is 20.8 Å². The number of carbonyl (C=O) groups is 2. The minimum atomic E-state index is -1.18. The summed E-state index contributed by atoms with van der Waals surface area (Å²) in [5.41, 5.74) is 1.60. The van der Waals surface area contributed by atoms with Crippen molar-refractivity contribution in [2.75, 3.05) is 0 Å². The lowest BCUT2D eigenvalue weighted by Gasteiger charge is -2.17. The number of hydrogen-bond acceptors (Lipinski definition) is 3. The second-order valence-corrected chi connectivity index (χ2v) is 3.35. The van der Waals surface area contributed by atoms with Crippen LogP contribution in [0.15, 0.2) is 12.2 Å². The molecular formula is C8H13NO4. The van der Waals surface area contributed by atoms with E-state index in [0.29, 0.717) is 0 Å². The van der Waals surface area contributed by atoms with E-state index in [0.717, 1.165) is 12.2 Å². The van der Waals surface area contributed by atoms with Gasteiger partial charge >= 0.3 is 5.97 Å². The quantitative estimate of drug-likeness (QED) is 0.497. The minimum absolute atomic E-state index is 0.493. The number of carbonyl (C=O) groups excluding carboxylic acids is 1. The molecule has 0 heterocycles. The Hall–Kier alpha value is -1.36. The maximum atomic E-state index is 10.8. The van der Waals surface area contributed by atoms with E-state index in [1.54, 1.807) is 20.8 Å². The number of carboxylic acids is 1. The lowest BCUT2D eigenvalue weighted by atomic mass is 10.2. The van der Waals surface area contributed by atoms with Crippen LogP contribution in [0.3, 0.4) is 0 Å². The van der Waals surface area contributed by atoms with Crippen molar-refractivity contribution in [3.8, 4) is 0 Å². The van der Waals surface area contributed by atoms with Crippen LogP contribution in [0, 0.1) is 0 Å². The molecule has 0 radical (unpaired) electrons. The van der Waals surface area contributed by atoms with Crippen LogP contribution in [-0.2, 0) is 14.4 Å². The minimum Gasteiger partial charge on any atom is -0.478 e. The van der Waals surface area contributed by atoms with Gasteiger partial charge in [0.15, 0.2) is 0 Å². The molecule has 0 rings (SSSR count). The summed E-state index contributed by atoms with van der Waals surface area (Å²) in [5, 5.41) is 8.18. The summed E-state index contributed by atoms with van der Waals surface area (Å²) in [5.74, 6) is -1.77. The van der Waals surface area contributed by atoms with Crippen molar-refractivity contribution in [3.63, 3.8) is 0 Å². The SMILES string of the molecule is CC(C)(C)ONC(=O)/C=C/C(=O)O. The normalized spacial score (nSPS) is 11.6. The third-order valence-electron chi connectivity index (χ3n) is 0.835. The molecule has 0 unspecified atom stereocenters. The average molecular weight is 187 g/mol. The van der Waals surface area contributed by atoms with E-state index in [1.165, 1.54) is 0 Å². The van der Waals surface area contributed by atoms with Gasteiger partial charge in [0, 0.05) is 12.2 Å². The number of carboxylic acid groups (broad SMARTS) is 1. The van der Waals surface area contributed by atoms with E-state index in [-0.39, 0.29) is 0 Å². The fraction of sp³-hybridized carbons (Fsp3) is 0.500. The Balaban J connectivity index is 3.83. The van der Waals surface area contributed by atoms with Gasteiger partial charge in [-0.2, -0.15) is 0 Å². The van der Waals surface area contributed by atoms with Gasteiger partial charge in [-0.15, -0.1) is 0 Å². The summed E-state index contributed by atoms with van der Waals surface area (Å²) in [6.07, 6.45) is 1.62. The molecule has 0 bridgehead atoms. The van der Waals surface area contributed by atoms with Crippen molar-refractivity contribution in [2.24, 2.45) is 0 Å². The number of hydrogen-bond donors (Lipinski definition) is 2. The number of nitrogens with one attached hydrogen (secondary N) is 1. The van der Waals surface area contributed by atoms with E-state index in [9.17, 15) is 9.59 Å². The van der Waals surface area contributed by atoms with Crippen molar-refractivity contribution < 1.29 is 19.5 Å². The summed E-state index contributed by atoms with van der Waals surface area (Å²) >= 11 is 0. The van der Waals surface area contributed by atoms with Crippen LogP contribution in [0.2, 0.25) is 0 Å². The zero-order valence-electron chi connectivity index (χ0n) is 7.83. The van der Waals surface area contributed by atoms with E-state index in [4.69, 9.17) is 9.94 Å². The van der Waals surface area contributed by atoms with E-state index in [1.807, 2.05) is 0 Å². The van der Waals surface area contributed by atoms with Gasteiger partial charge in [0.1, 0.15) is 0 Å². The third-order valence-corrected chi connectivity index (χ3v) is 0.835. The molecule has 0 aliphatic heterocycles. The predicted molar refractivity (Wildman–Crippen MR) is 45.8 cm³/mol. The number of amides is 1. The van der Waals surface area contributed by atoms with Gasteiger partial charge in [0.2, 0.25) is 0 Å². The lowest BCUT2D eigenvalue weighted by Crippen LogP contribution is -2.32. The highest BCUT2D eigenvalue weighted by atomic mass is 16.7. The molecule has 0 aromatic carbocycles. The van der Waals surface area contributed by atoms with Crippen LogP contribution < -0.4 is 5.48 Å². The molecule has 5 nitrogen and oxygen atoms in total. The van der Waals surface area contributed by atoms with Crippen molar-refractivity contribution in [1.82, 2.24) is 5.48 Å². The molecule has 1 amide bonds. The number of aliphatic carboxylic acids is 1. The van der Waals surface area contributed by atoms with Gasteiger partial charge in [-0.05, 0) is 20.8 Å². The average Bonchev–Trinajstić information content (AvgIpc) is 1.95. The molecular weight excluding hydrogens is 174 g/mol. The Labute approximate surface area is 76.3 Å². The highest BCUT2D eigenvalue weighted by Gasteiger charge is 2.11. The maximum absolute atomic E-state index is 10.8. The maximum Gasteiger partial charge on any atom is 0.328 e. The van der Waals surface area contributed by atoms with Crippen molar-refractivity contribution in [3.05, 3.63) is 12.2 Å². The largest absolute Gasteiger partial charge is 0.478 e. The Morgan fingerprint density at radius 1 is 1.31 bits per heavy atom. The summed E-state index contributed by atoms with van der Waals surface area (Å²) in [4.78, 5) is 25.7. The highest BCUT2D eigenvalue weighted by molar-refractivity contribution is 5.93. The van der Waals surface area contributed by atoms with Crippen LogP contribution in [0.4, 0.5) is 0 Å². The van der Waals surface area contributed by atoms with E-state index in [2.05, 4.69) is 5.48 Å². The molecule has 13 heavy (non-hydrogen) atoms. The van der Waals surface area contributed by atoms with Gasteiger partial charge in [-0.25, -0.2) is 10.3 Å². The molecule has 2 N–H and O–H groups in total. The molecule has 74 valence electrons. The first-order valence-electron chi connectivity index (χ1n) is 3.70. The number of rotatable bonds is 3. The Morgan fingerprint density at radius 3 is 2.23 bits per heavy atom. The summed E-state index contributed by atoms with van der Waals surface area (Å²) in [6, 6.07) is 0. The van der Waals surface area contributed by atoms with Crippen LogP contribution in [0.25, 0.3) is 0 Å². The molecule has 5 heteroatoms. The van der Waals surface area contributed by atoms with Crippen molar-refractivity contribution in [1.29, 1.82) is 0 Å². The van der Waals surface area contributed by atoms with Crippen molar-refractivity contribution >= 4 is 11.9 Å². The summed E-state index contributed by atoms with van der Waals surface area (Å²) < 4.78 is 0. The van der Waals surface area contributed by atoms with Crippen LogP contribution in [0.5, 0.6) is 0 Å². The third kappa shape index (κ3) is 8.55. The van der Waals surface area contributed by atoms with Gasteiger partial charge in [0.25, 0.3) is 5.91 Å². The van der Waals surface area contributed by atoms with Crippen LogP contribution in [-0.4, -0.2) is 22.6 Å². The van der Waals surface area contributed by atoms with Gasteiger partial charge < -0.3 is 5.11 Å². The Kier molecular flexibility index (Phi) is 4.13. The molecule has 0 saturated carbocycles. The van der Waals surface area contributed by atoms with Gasteiger partial charge in [-0.1, -0.05) is 0 Å². The molecule has 0 aliphatic carbocycles. The Bertz CT molecular complexity index is 227. The van der Waals surface area contributed by atoms with Gasteiger partial charge in [-0.3, -0.25) is 9.63 Å². The highest BCUT2D eigenvalue weighted by Crippen LogP contribution is 2.03. The molecule has 0 aliphatic rings. The fourth-order valence-corrected chi connectivity index (χ4v) is 0.384. The van der Waals surface area contributed by atoms with E-state index >= 15 is 0 Å². The number of hydroxylamine groups is 1. The Morgan fingerprint density at radius 2 is 1.85 bits per heavy atom. The second-order valence-electron chi connectivity index (χ2n) is 3.35. The zero-order valence-corrected chi connectivity index (χ0v) is 7.83. The standard InChI is InChI=1S/C8H13NO4/c1-8(2,3)13-9-6(10)4-5-7(11)12/h4-5H,1-3H3,(H,9,10)(H,11,12)/b5-4+. The monoisotopic (exact) mass is 187 g/mol. The molecule has 0 saturated heterocycles. The first-order valence-corrected chi connectivity index (χ1v) is 3.70.